The van der Waals surface area contributed by atoms with Crippen molar-refractivity contribution in [2.45, 2.75) is 18.9 Å². The molecule has 1 N–H and O–H groups in total. The van der Waals surface area contributed by atoms with Gasteiger partial charge in [0.25, 0.3) is 11.5 Å². The van der Waals surface area contributed by atoms with E-state index in [-0.39, 0.29) is 11.5 Å². The van der Waals surface area contributed by atoms with Crippen LogP contribution in [0.3, 0.4) is 0 Å². The molecule has 0 aromatic carbocycles. The quantitative estimate of drug-likeness (QED) is 0.786. The Bertz CT molecular complexity index is 538. The summed E-state index contributed by atoms with van der Waals surface area (Å²) >= 11 is 0. The monoisotopic (exact) mass is 261 g/mol. The Morgan fingerprint density at radius 2 is 2.26 bits per heavy atom. The van der Waals surface area contributed by atoms with Gasteiger partial charge in [0, 0.05) is 44.0 Å². The summed E-state index contributed by atoms with van der Waals surface area (Å²) in [6.07, 6.45) is 4.03. The van der Waals surface area contributed by atoms with E-state index in [4.69, 9.17) is 0 Å². The van der Waals surface area contributed by atoms with Gasteiger partial charge in [-0.05, 0) is 31.4 Å². The molecule has 2 saturated heterocycles. The Hall–Kier alpha value is -1.62. The number of aromatic nitrogens is 1. The normalized spacial score (nSPS) is 26.3. The van der Waals surface area contributed by atoms with Gasteiger partial charge in [-0.3, -0.25) is 9.59 Å². The summed E-state index contributed by atoms with van der Waals surface area (Å²) in [5.41, 5.74) is 0.363. The molecule has 2 unspecified atom stereocenters. The first-order valence-corrected chi connectivity index (χ1v) is 6.84. The molecule has 2 atom stereocenters. The number of aryl methyl sites for hydroxylation is 1. The molecule has 2 fully saturated rings. The number of carbonyl (C=O) groups is 1. The third-order valence-corrected chi connectivity index (χ3v) is 4.24. The summed E-state index contributed by atoms with van der Waals surface area (Å²) in [6, 6.07) is 3.58. The van der Waals surface area contributed by atoms with Crippen molar-refractivity contribution in [3.63, 3.8) is 0 Å². The first-order valence-electron chi connectivity index (χ1n) is 6.84. The molecular weight excluding hydrogens is 242 g/mol. The van der Waals surface area contributed by atoms with Crippen molar-refractivity contribution < 1.29 is 4.79 Å². The lowest BCUT2D eigenvalue weighted by Gasteiger charge is -2.24. The van der Waals surface area contributed by atoms with Crippen molar-refractivity contribution >= 4 is 5.91 Å². The fourth-order valence-electron chi connectivity index (χ4n) is 3.08. The first kappa shape index (κ1) is 12.4. The van der Waals surface area contributed by atoms with Crippen LogP contribution in [0.2, 0.25) is 0 Å². The van der Waals surface area contributed by atoms with Crippen molar-refractivity contribution in [1.29, 1.82) is 0 Å². The summed E-state index contributed by atoms with van der Waals surface area (Å²) in [4.78, 5) is 25.9. The number of amides is 1. The van der Waals surface area contributed by atoms with Crippen molar-refractivity contribution in [3.05, 3.63) is 34.2 Å². The maximum atomic E-state index is 12.4. The molecule has 5 heteroatoms. The van der Waals surface area contributed by atoms with Crippen molar-refractivity contribution in [3.8, 4) is 0 Å². The number of nitrogens with zero attached hydrogens (tertiary/aromatic N) is 2. The zero-order valence-corrected chi connectivity index (χ0v) is 11.1. The third kappa shape index (κ3) is 2.30. The van der Waals surface area contributed by atoms with E-state index in [2.05, 4.69) is 5.32 Å². The molecule has 0 spiro atoms. The second-order valence-corrected chi connectivity index (χ2v) is 5.54. The number of pyridine rings is 1. The minimum atomic E-state index is -0.138. The minimum absolute atomic E-state index is 0.0195. The molecule has 1 aromatic heterocycles. The summed E-state index contributed by atoms with van der Waals surface area (Å²) in [5, 5.41) is 3.48. The molecule has 2 aliphatic heterocycles. The number of carbonyl (C=O) groups excluding carboxylic acids is 1. The molecule has 19 heavy (non-hydrogen) atoms. The highest BCUT2D eigenvalue weighted by Gasteiger charge is 2.36. The number of likely N-dealkylation sites (tertiary alicyclic amines) is 1. The average Bonchev–Trinajstić information content (AvgIpc) is 2.85. The SMILES string of the molecule is Cn1ccc(C(=O)N2CC3CCCNC3C2)cc1=O. The van der Waals surface area contributed by atoms with E-state index in [0.29, 0.717) is 17.5 Å². The maximum absolute atomic E-state index is 12.4. The Morgan fingerprint density at radius 3 is 3.00 bits per heavy atom. The van der Waals surface area contributed by atoms with Crippen LogP contribution in [0.5, 0.6) is 0 Å². The second-order valence-electron chi connectivity index (χ2n) is 5.54. The smallest absolute Gasteiger partial charge is 0.254 e. The molecule has 1 amide bonds. The molecule has 0 bridgehead atoms. The Labute approximate surface area is 112 Å². The molecule has 1 aromatic rings. The molecular formula is C14H19N3O2. The van der Waals surface area contributed by atoms with Crippen LogP contribution in [0.25, 0.3) is 0 Å². The molecule has 5 nitrogen and oxygen atoms in total. The highest BCUT2D eigenvalue weighted by Crippen LogP contribution is 2.25. The largest absolute Gasteiger partial charge is 0.337 e. The van der Waals surface area contributed by atoms with E-state index in [1.54, 1.807) is 19.3 Å². The molecule has 0 saturated carbocycles. The van der Waals surface area contributed by atoms with E-state index >= 15 is 0 Å². The third-order valence-electron chi connectivity index (χ3n) is 4.24. The summed E-state index contributed by atoms with van der Waals surface area (Å²) < 4.78 is 1.47. The molecule has 0 aliphatic carbocycles. The molecule has 3 heterocycles. The Morgan fingerprint density at radius 1 is 1.42 bits per heavy atom. The van der Waals surface area contributed by atoms with Crippen LogP contribution in [0.4, 0.5) is 0 Å². The number of nitrogens with one attached hydrogen (secondary N) is 1. The summed E-state index contributed by atoms with van der Waals surface area (Å²) in [6.45, 7) is 2.62. The van der Waals surface area contributed by atoms with E-state index in [9.17, 15) is 9.59 Å². The van der Waals surface area contributed by atoms with Gasteiger partial charge in [-0.2, -0.15) is 0 Å². The van der Waals surface area contributed by atoms with Gasteiger partial charge in [-0.25, -0.2) is 0 Å². The molecule has 2 aliphatic rings. The van der Waals surface area contributed by atoms with Crippen molar-refractivity contribution in [2.75, 3.05) is 19.6 Å². The fraction of sp³-hybridized carbons (Fsp3) is 0.571. The number of piperidine rings is 1. The van der Waals surface area contributed by atoms with Crippen molar-refractivity contribution in [1.82, 2.24) is 14.8 Å². The van der Waals surface area contributed by atoms with E-state index in [1.165, 1.54) is 23.5 Å². The molecule has 0 radical (unpaired) electrons. The van der Waals surface area contributed by atoms with Gasteiger partial charge in [0.2, 0.25) is 0 Å². The van der Waals surface area contributed by atoms with Crippen molar-refractivity contribution in [2.24, 2.45) is 13.0 Å². The first-order chi connectivity index (χ1) is 9.15. The van der Waals surface area contributed by atoms with Crippen LogP contribution < -0.4 is 10.9 Å². The van der Waals surface area contributed by atoms with Gasteiger partial charge in [-0.15, -0.1) is 0 Å². The van der Waals surface area contributed by atoms with Crippen LogP contribution in [0.15, 0.2) is 23.1 Å². The number of hydrogen-bond donors (Lipinski definition) is 1. The van der Waals surface area contributed by atoms with Gasteiger partial charge in [-0.1, -0.05) is 0 Å². The van der Waals surface area contributed by atoms with Gasteiger partial charge < -0.3 is 14.8 Å². The van der Waals surface area contributed by atoms with Crippen LogP contribution in [-0.2, 0) is 7.05 Å². The van der Waals surface area contributed by atoms with E-state index in [0.717, 1.165) is 19.6 Å². The predicted molar refractivity (Wildman–Crippen MR) is 72.1 cm³/mol. The highest BCUT2D eigenvalue weighted by molar-refractivity contribution is 5.94. The Balaban J connectivity index is 1.77. The fourth-order valence-corrected chi connectivity index (χ4v) is 3.08. The second kappa shape index (κ2) is 4.81. The lowest BCUT2D eigenvalue weighted by atomic mass is 9.94. The standard InChI is InChI=1S/C14H19N3O2/c1-16-6-4-10(7-13(16)18)14(19)17-8-11-3-2-5-15-12(11)9-17/h4,6-7,11-12,15H,2-3,5,8-9H2,1H3. The van der Waals surface area contributed by atoms with Crippen LogP contribution >= 0.6 is 0 Å². The molecule has 102 valence electrons. The van der Waals surface area contributed by atoms with E-state index in [1.807, 2.05) is 4.90 Å². The van der Waals surface area contributed by atoms with Crippen LogP contribution in [0, 0.1) is 5.92 Å². The number of fused-ring (bicyclic) bond motifs is 1. The van der Waals surface area contributed by atoms with Crippen LogP contribution in [0.1, 0.15) is 23.2 Å². The highest BCUT2D eigenvalue weighted by atomic mass is 16.2. The average molecular weight is 261 g/mol. The maximum Gasteiger partial charge on any atom is 0.254 e. The predicted octanol–water partition coefficient (Wildman–Crippen LogP) is 0.209. The van der Waals surface area contributed by atoms with Crippen LogP contribution in [-0.4, -0.2) is 41.1 Å². The lowest BCUT2D eigenvalue weighted by Crippen LogP contribution is -2.41. The van der Waals surface area contributed by atoms with Gasteiger partial charge in [0.05, 0.1) is 0 Å². The summed E-state index contributed by atoms with van der Waals surface area (Å²) in [7, 11) is 1.69. The summed E-state index contributed by atoms with van der Waals surface area (Å²) in [5.74, 6) is 0.554. The van der Waals surface area contributed by atoms with Gasteiger partial charge >= 0.3 is 0 Å². The lowest BCUT2D eigenvalue weighted by molar-refractivity contribution is 0.0785. The van der Waals surface area contributed by atoms with Gasteiger partial charge in [0.15, 0.2) is 0 Å². The number of rotatable bonds is 1. The van der Waals surface area contributed by atoms with E-state index < -0.39 is 0 Å². The van der Waals surface area contributed by atoms with Gasteiger partial charge in [0.1, 0.15) is 0 Å². The zero-order chi connectivity index (χ0) is 13.4. The zero-order valence-electron chi connectivity index (χ0n) is 11.1. The Kier molecular flexibility index (Phi) is 3.14. The molecule has 3 rings (SSSR count). The topological polar surface area (TPSA) is 54.3 Å². The number of hydrogen-bond acceptors (Lipinski definition) is 3. The minimum Gasteiger partial charge on any atom is -0.337 e.